The molecule has 0 radical (unpaired) electrons. The standard InChI is InChI=1S/C15H25NO3/c1-12(2)19-14-7-5-13(6-8-14)15(17)11-16(3)9-10-18-4/h5-8,12,15,17H,9-11H2,1-4H3. The highest BCUT2D eigenvalue weighted by Crippen LogP contribution is 2.19. The van der Waals surface area contributed by atoms with Gasteiger partial charge in [-0.1, -0.05) is 12.1 Å². The number of benzene rings is 1. The molecule has 0 spiro atoms. The SMILES string of the molecule is COCCN(C)CC(O)c1ccc(OC(C)C)cc1. The van der Waals surface area contributed by atoms with Crippen molar-refractivity contribution in [3.63, 3.8) is 0 Å². The van der Waals surface area contributed by atoms with E-state index in [9.17, 15) is 5.11 Å². The van der Waals surface area contributed by atoms with Gasteiger partial charge in [-0.25, -0.2) is 0 Å². The Morgan fingerprint density at radius 3 is 2.37 bits per heavy atom. The third kappa shape index (κ3) is 6.05. The summed E-state index contributed by atoms with van der Waals surface area (Å²) in [4.78, 5) is 2.05. The topological polar surface area (TPSA) is 41.9 Å². The van der Waals surface area contributed by atoms with Crippen LogP contribution in [0.3, 0.4) is 0 Å². The maximum Gasteiger partial charge on any atom is 0.119 e. The van der Waals surface area contributed by atoms with Crippen LogP contribution in [-0.2, 0) is 4.74 Å². The Balaban J connectivity index is 2.50. The maximum absolute atomic E-state index is 10.1. The number of aliphatic hydroxyl groups excluding tert-OH is 1. The smallest absolute Gasteiger partial charge is 0.119 e. The van der Waals surface area contributed by atoms with E-state index >= 15 is 0 Å². The minimum Gasteiger partial charge on any atom is -0.491 e. The molecule has 1 aromatic rings. The summed E-state index contributed by atoms with van der Waals surface area (Å²) >= 11 is 0. The van der Waals surface area contributed by atoms with Gasteiger partial charge in [0.15, 0.2) is 0 Å². The van der Waals surface area contributed by atoms with Crippen LogP contribution >= 0.6 is 0 Å². The molecule has 0 aliphatic carbocycles. The second-order valence-electron chi connectivity index (χ2n) is 5.01. The molecule has 0 heterocycles. The Morgan fingerprint density at radius 1 is 1.21 bits per heavy atom. The van der Waals surface area contributed by atoms with Gasteiger partial charge in [-0.05, 0) is 38.6 Å². The van der Waals surface area contributed by atoms with Crippen molar-refractivity contribution in [2.45, 2.75) is 26.1 Å². The zero-order chi connectivity index (χ0) is 14.3. The molecule has 0 fully saturated rings. The van der Waals surface area contributed by atoms with Crippen molar-refractivity contribution in [3.05, 3.63) is 29.8 Å². The lowest BCUT2D eigenvalue weighted by atomic mass is 10.1. The Morgan fingerprint density at radius 2 is 1.84 bits per heavy atom. The molecule has 0 aliphatic rings. The summed E-state index contributed by atoms with van der Waals surface area (Å²) in [7, 11) is 3.65. The van der Waals surface area contributed by atoms with E-state index in [1.165, 1.54) is 0 Å². The van der Waals surface area contributed by atoms with E-state index in [0.717, 1.165) is 17.9 Å². The highest BCUT2D eigenvalue weighted by Gasteiger charge is 2.10. The van der Waals surface area contributed by atoms with Crippen LogP contribution in [0, 0.1) is 0 Å². The van der Waals surface area contributed by atoms with Crippen molar-refractivity contribution in [1.29, 1.82) is 0 Å². The molecule has 0 aliphatic heterocycles. The monoisotopic (exact) mass is 267 g/mol. The molecule has 1 unspecified atom stereocenters. The molecule has 0 saturated carbocycles. The highest BCUT2D eigenvalue weighted by atomic mass is 16.5. The third-order valence-corrected chi connectivity index (χ3v) is 2.80. The average molecular weight is 267 g/mol. The molecule has 1 rings (SSSR count). The van der Waals surface area contributed by atoms with Gasteiger partial charge < -0.3 is 19.5 Å². The van der Waals surface area contributed by atoms with Crippen LogP contribution in [0.1, 0.15) is 25.5 Å². The van der Waals surface area contributed by atoms with E-state index < -0.39 is 6.10 Å². The fourth-order valence-corrected chi connectivity index (χ4v) is 1.78. The number of hydrogen-bond acceptors (Lipinski definition) is 4. The number of hydrogen-bond donors (Lipinski definition) is 1. The van der Waals surface area contributed by atoms with Gasteiger partial charge in [0.2, 0.25) is 0 Å². The van der Waals surface area contributed by atoms with E-state index in [4.69, 9.17) is 9.47 Å². The summed E-state index contributed by atoms with van der Waals surface area (Å²) in [5, 5.41) is 10.1. The van der Waals surface area contributed by atoms with Crippen molar-refractivity contribution < 1.29 is 14.6 Å². The maximum atomic E-state index is 10.1. The largest absolute Gasteiger partial charge is 0.491 e. The van der Waals surface area contributed by atoms with Crippen molar-refractivity contribution in [1.82, 2.24) is 4.90 Å². The summed E-state index contributed by atoms with van der Waals surface area (Å²) in [5.74, 6) is 0.832. The normalized spacial score (nSPS) is 13.0. The van der Waals surface area contributed by atoms with Crippen molar-refractivity contribution in [2.75, 3.05) is 33.9 Å². The van der Waals surface area contributed by atoms with E-state index in [1.54, 1.807) is 7.11 Å². The zero-order valence-electron chi connectivity index (χ0n) is 12.3. The van der Waals surface area contributed by atoms with Crippen LogP contribution in [0.4, 0.5) is 0 Å². The van der Waals surface area contributed by atoms with Gasteiger partial charge >= 0.3 is 0 Å². The molecule has 4 heteroatoms. The van der Waals surface area contributed by atoms with E-state index in [0.29, 0.717) is 13.2 Å². The molecule has 1 atom stereocenters. The quantitative estimate of drug-likeness (QED) is 0.783. The lowest BCUT2D eigenvalue weighted by Gasteiger charge is -2.20. The number of likely N-dealkylation sites (N-methyl/N-ethyl adjacent to an activating group) is 1. The number of aliphatic hydroxyl groups is 1. The summed E-state index contributed by atoms with van der Waals surface area (Å²) in [6.45, 7) is 6.06. The van der Waals surface area contributed by atoms with Gasteiger partial charge in [0, 0.05) is 20.2 Å². The lowest BCUT2D eigenvalue weighted by Crippen LogP contribution is -2.27. The third-order valence-electron chi connectivity index (χ3n) is 2.80. The Bertz CT molecular complexity index is 351. The fraction of sp³-hybridized carbons (Fsp3) is 0.600. The summed E-state index contributed by atoms with van der Waals surface area (Å²) < 4.78 is 10.6. The predicted octanol–water partition coefficient (Wildman–Crippen LogP) is 2.09. The summed E-state index contributed by atoms with van der Waals surface area (Å²) in [6.07, 6.45) is -0.328. The Hall–Kier alpha value is -1.10. The molecule has 0 aromatic heterocycles. The predicted molar refractivity (Wildman–Crippen MR) is 76.5 cm³/mol. The average Bonchev–Trinajstić information content (AvgIpc) is 2.36. The first kappa shape index (κ1) is 16.0. The van der Waals surface area contributed by atoms with Crippen LogP contribution in [-0.4, -0.2) is 50.0 Å². The molecular formula is C15H25NO3. The molecule has 1 N–H and O–H groups in total. The zero-order valence-corrected chi connectivity index (χ0v) is 12.3. The molecule has 0 amide bonds. The summed E-state index contributed by atoms with van der Waals surface area (Å²) in [5.41, 5.74) is 0.903. The van der Waals surface area contributed by atoms with Crippen LogP contribution < -0.4 is 4.74 Å². The Kier molecular flexibility index (Phi) is 6.84. The first-order valence-corrected chi connectivity index (χ1v) is 6.65. The van der Waals surface area contributed by atoms with Crippen molar-refractivity contribution in [3.8, 4) is 5.75 Å². The molecule has 0 bridgehead atoms. The first-order chi connectivity index (χ1) is 9.02. The lowest BCUT2D eigenvalue weighted by molar-refractivity contribution is 0.103. The molecule has 1 aromatic carbocycles. The van der Waals surface area contributed by atoms with Gasteiger partial charge in [-0.3, -0.25) is 0 Å². The second-order valence-corrected chi connectivity index (χ2v) is 5.01. The van der Waals surface area contributed by atoms with Gasteiger partial charge in [-0.2, -0.15) is 0 Å². The minimum absolute atomic E-state index is 0.163. The van der Waals surface area contributed by atoms with E-state index in [2.05, 4.69) is 0 Å². The van der Waals surface area contributed by atoms with Crippen LogP contribution in [0.5, 0.6) is 5.75 Å². The molecular weight excluding hydrogens is 242 g/mol. The molecule has 0 saturated heterocycles. The van der Waals surface area contributed by atoms with E-state index in [-0.39, 0.29) is 6.10 Å². The van der Waals surface area contributed by atoms with Gasteiger partial charge in [0.1, 0.15) is 5.75 Å². The number of ether oxygens (including phenoxy) is 2. The Labute approximate surface area is 115 Å². The minimum atomic E-state index is -0.491. The van der Waals surface area contributed by atoms with E-state index in [1.807, 2.05) is 50.1 Å². The number of rotatable bonds is 8. The van der Waals surface area contributed by atoms with Gasteiger partial charge in [0.05, 0.1) is 18.8 Å². The van der Waals surface area contributed by atoms with Crippen molar-refractivity contribution in [2.24, 2.45) is 0 Å². The first-order valence-electron chi connectivity index (χ1n) is 6.65. The number of methoxy groups -OCH3 is 1. The molecule has 108 valence electrons. The van der Waals surface area contributed by atoms with Crippen LogP contribution in [0.15, 0.2) is 24.3 Å². The van der Waals surface area contributed by atoms with Crippen molar-refractivity contribution >= 4 is 0 Å². The summed E-state index contributed by atoms with van der Waals surface area (Å²) in [6, 6.07) is 7.61. The van der Waals surface area contributed by atoms with Crippen LogP contribution in [0.25, 0.3) is 0 Å². The molecule has 19 heavy (non-hydrogen) atoms. The van der Waals surface area contributed by atoms with Gasteiger partial charge in [0.25, 0.3) is 0 Å². The fourth-order valence-electron chi connectivity index (χ4n) is 1.78. The van der Waals surface area contributed by atoms with Crippen LogP contribution in [0.2, 0.25) is 0 Å². The van der Waals surface area contributed by atoms with Gasteiger partial charge in [-0.15, -0.1) is 0 Å². The molecule has 4 nitrogen and oxygen atoms in total. The number of nitrogens with zero attached hydrogens (tertiary/aromatic N) is 1. The second kappa shape index (κ2) is 8.15. The highest BCUT2D eigenvalue weighted by molar-refractivity contribution is 5.28.